The van der Waals surface area contributed by atoms with E-state index in [1.54, 1.807) is 30.3 Å². The van der Waals surface area contributed by atoms with Crippen LogP contribution in [0.3, 0.4) is 0 Å². The number of rotatable bonds is 4. The maximum atomic E-state index is 14.3. The molecular weight excluding hydrogens is 568 g/mol. The van der Waals surface area contributed by atoms with Crippen molar-refractivity contribution in [1.82, 2.24) is 4.57 Å². The van der Waals surface area contributed by atoms with Crippen LogP contribution in [0.1, 0.15) is 20.7 Å². The molecule has 1 aliphatic rings. The molecule has 2 amide bonds. The number of carbonyl (C=O) groups excluding carboxylic acids is 2. The minimum Gasteiger partial charge on any atom is -0.308 e. The molecule has 0 spiro atoms. The zero-order chi connectivity index (χ0) is 31.4. The van der Waals surface area contributed by atoms with Gasteiger partial charge >= 0.3 is 0 Å². The van der Waals surface area contributed by atoms with Crippen molar-refractivity contribution in [3.63, 3.8) is 0 Å². The second kappa shape index (κ2) is 10.4. The molecule has 0 atom stereocenters. The predicted octanol–water partition coefficient (Wildman–Crippen LogP) is 10.0. The van der Waals surface area contributed by atoms with E-state index in [0.29, 0.717) is 33.9 Å². The van der Waals surface area contributed by atoms with Gasteiger partial charge < -0.3 is 4.57 Å². The van der Waals surface area contributed by atoms with Gasteiger partial charge in [-0.15, -0.1) is 0 Å². The summed E-state index contributed by atoms with van der Waals surface area (Å²) in [4.78, 5) is 36.6. The van der Waals surface area contributed by atoms with Crippen LogP contribution < -0.4 is 4.90 Å². The van der Waals surface area contributed by atoms with Gasteiger partial charge in [-0.25, -0.2) is 14.6 Å². The highest BCUT2D eigenvalue weighted by Crippen LogP contribution is 2.40. The molecule has 0 fully saturated rings. The SMILES string of the molecule is [C-]#[N+]c1cc([N+]#[C-])cc(-c2ccc3c4ccccc4n(-c4cccc5c4C(=O)N(c4cccc(-c6ccccc6)c4)C5=O)c3c2)c1. The Morgan fingerprint density at radius 1 is 0.500 bits per heavy atom. The Labute approximate surface area is 264 Å². The molecule has 0 saturated carbocycles. The van der Waals surface area contributed by atoms with Crippen LogP contribution in [0.2, 0.25) is 0 Å². The van der Waals surface area contributed by atoms with E-state index in [-0.39, 0.29) is 11.8 Å². The molecule has 0 radical (unpaired) electrons. The van der Waals surface area contributed by atoms with Crippen molar-refractivity contribution in [2.75, 3.05) is 4.90 Å². The molecule has 1 aromatic heterocycles. The van der Waals surface area contributed by atoms with Crippen LogP contribution >= 0.6 is 0 Å². The Kier molecular flexibility index (Phi) is 6.10. The molecule has 0 unspecified atom stereocenters. The largest absolute Gasteiger partial charge is 0.308 e. The lowest BCUT2D eigenvalue weighted by Crippen LogP contribution is -2.29. The molecule has 0 saturated heterocycles. The van der Waals surface area contributed by atoms with Gasteiger partial charge in [-0.3, -0.25) is 9.59 Å². The van der Waals surface area contributed by atoms with E-state index in [1.807, 2.05) is 108 Å². The molecular formula is C40H22N4O2. The van der Waals surface area contributed by atoms with E-state index in [4.69, 9.17) is 13.1 Å². The summed E-state index contributed by atoms with van der Waals surface area (Å²) in [5, 5.41) is 1.98. The van der Waals surface area contributed by atoms with Crippen LogP contribution in [0.15, 0.2) is 133 Å². The Bertz CT molecular complexity index is 2460. The first-order valence-electron chi connectivity index (χ1n) is 14.7. The van der Waals surface area contributed by atoms with Gasteiger partial charge in [-0.1, -0.05) is 97.1 Å². The third-order valence-electron chi connectivity index (χ3n) is 8.51. The number of amides is 2. The molecule has 0 N–H and O–H groups in total. The van der Waals surface area contributed by atoms with Crippen LogP contribution in [-0.4, -0.2) is 16.4 Å². The van der Waals surface area contributed by atoms with Crippen molar-refractivity contribution >= 4 is 50.7 Å². The minimum atomic E-state index is -0.380. The maximum absolute atomic E-state index is 14.3. The number of anilines is 1. The van der Waals surface area contributed by atoms with Crippen LogP contribution in [0.5, 0.6) is 0 Å². The number of imide groups is 1. The first-order chi connectivity index (χ1) is 22.6. The van der Waals surface area contributed by atoms with E-state index in [0.717, 1.165) is 44.1 Å². The summed E-state index contributed by atoms with van der Waals surface area (Å²) >= 11 is 0. The fourth-order valence-corrected chi connectivity index (χ4v) is 6.44. The number of nitrogens with zero attached hydrogens (tertiary/aromatic N) is 4. The second-order valence-electron chi connectivity index (χ2n) is 11.1. The predicted molar refractivity (Wildman–Crippen MR) is 182 cm³/mol. The monoisotopic (exact) mass is 590 g/mol. The van der Waals surface area contributed by atoms with Gasteiger partial charge in [0.05, 0.1) is 46.7 Å². The lowest BCUT2D eigenvalue weighted by molar-refractivity contribution is 0.0926. The number of hydrogen-bond acceptors (Lipinski definition) is 2. The summed E-state index contributed by atoms with van der Waals surface area (Å²) in [6.07, 6.45) is 0. The van der Waals surface area contributed by atoms with Crippen molar-refractivity contribution < 1.29 is 9.59 Å². The Morgan fingerprint density at radius 2 is 1.17 bits per heavy atom. The summed E-state index contributed by atoms with van der Waals surface area (Å²) in [7, 11) is 0. The zero-order valence-electron chi connectivity index (χ0n) is 24.3. The third-order valence-corrected chi connectivity index (χ3v) is 8.51. The van der Waals surface area contributed by atoms with E-state index < -0.39 is 0 Å². The van der Waals surface area contributed by atoms with E-state index in [9.17, 15) is 9.59 Å². The number of carbonyl (C=O) groups is 2. The average molecular weight is 591 g/mol. The highest BCUT2D eigenvalue weighted by Gasteiger charge is 2.39. The quantitative estimate of drug-likeness (QED) is 0.151. The number of aromatic nitrogens is 1. The second-order valence-corrected chi connectivity index (χ2v) is 11.1. The molecule has 46 heavy (non-hydrogen) atoms. The van der Waals surface area contributed by atoms with Crippen LogP contribution in [0.25, 0.3) is 59.4 Å². The lowest BCUT2D eigenvalue weighted by Gasteiger charge is -2.16. The van der Waals surface area contributed by atoms with Gasteiger partial charge in [-0.2, -0.15) is 0 Å². The molecule has 6 nitrogen and oxygen atoms in total. The van der Waals surface area contributed by atoms with Crippen molar-refractivity contribution in [1.29, 1.82) is 0 Å². The van der Waals surface area contributed by atoms with Crippen molar-refractivity contribution in [2.24, 2.45) is 0 Å². The molecule has 214 valence electrons. The first-order valence-corrected chi connectivity index (χ1v) is 14.7. The lowest BCUT2D eigenvalue weighted by atomic mass is 10.0. The minimum absolute atomic E-state index is 0.343. The van der Waals surface area contributed by atoms with E-state index in [1.165, 1.54) is 4.90 Å². The van der Waals surface area contributed by atoms with Crippen molar-refractivity contribution in [3.05, 3.63) is 167 Å². The van der Waals surface area contributed by atoms with Gasteiger partial charge in [0.1, 0.15) is 0 Å². The molecule has 1 aliphatic heterocycles. The molecule has 8 rings (SSSR count). The molecule has 0 bridgehead atoms. The Hall–Kier alpha value is -6.76. The molecule has 2 heterocycles. The van der Waals surface area contributed by atoms with Gasteiger partial charge in [0, 0.05) is 10.8 Å². The highest BCUT2D eigenvalue weighted by atomic mass is 16.2. The topological polar surface area (TPSA) is 51.0 Å². The fraction of sp³-hybridized carbons (Fsp3) is 0. The van der Waals surface area contributed by atoms with Crippen LogP contribution in [0, 0.1) is 13.1 Å². The Morgan fingerprint density at radius 3 is 1.96 bits per heavy atom. The van der Waals surface area contributed by atoms with Gasteiger partial charge in [0.15, 0.2) is 11.4 Å². The first kappa shape index (κ1) is 26.8. The molecule has 6 aromatic carbocycles. The van der Waals surface area contributed by atoms with Gasteiger partial charge in [0.25, 0.3) is 11.8 Å². The van der Waals surface area contributed by atoms with E-state index in [2.05, 4.69) is 9.69 Å². The number of para-hydroxylation sites is 1. The van der Waals surface area contributed by atoms with Gasteiger partial charge in [0.2, 0.25) is 0 Å². The van der Waals surface area contributed by atoms with Crippen molar-refractivity contribution in [3.8, 4) is 27.9 Å². The number of benzene rings is 6. The Balaban J connectivity index is 1.32. The summed E-state index contributed by atoms with van der Waals surface area (Å²) in [5.74, 6) is -0.745. The normalized spacial score (nSPS) is 12.3. The van der Waals surface area contributed by atoms with Crippen LogP contribution in [0.4, 0.5) is 17.1 Å². The molecule has 0 aliphatic carbocycles. The number of fused-ring (bicyclic) bond motifs is 4. The van der Waals surface area contributed by atoms with Gasteiger partial charge in [-0.05, 0) is 58.7 Å². The highest BCUT2D eigenvalue weighted by molar-refractivity contribution is 6.36. The standard InChI is InChI=1S/C40H22N4O2/c1-41-29-20-28(21-30(24-29)42-2)27-18-19-33-32-14-6-7-16-35(32)44(37(33)23-27)36-17-9-15-34-38(36)40(46)43(39(34)45)31-13-8-12-26(22-31)25-10-4-3-5-11-25/h3-24H. The maximum Gasteiger partial charge on any atom is 0.268 e. The fourth-order valence-electron chi connectivity index (χ4n) is 6.44. The molecule has 7 aromatic rings. The van der Waals surface area contributed by atoms with E-state index >= 15 is 0 Å². The van der Waals surface area contributed by atoms with Crippen LogP contribution in [-0.2, 0) is 0 Å². The zero-order valence-corrected chi connectivity index (χ0v) is 24.3. The number of hydrogen-bond donors (Lipinski definition) is 0. The summed E-state index contributed by atoms with van der Waals surface area (Å²) in [5.41, 5.74) is 7.83. The summed E-state index contributed by atoms with van der Waals surface area (Å²) in [6.45, 7) is 15.0. The molecule has 6 heteroatoms. The third kappa shape index (κ3) is 4.10. The smallest absolute Gasteiger partial charge is 0.268 e. The average Bonchev–Trinajstić information content (AvgIpc) is 3.58. The summed E-state index contributed by atoms with van der Waals surface area (Å²) < 4.78 is 2.04. The van der Waals surface area contributed by atoms with Crippen molar-refractivity contribution in [2.45, 2.75) is 0 Å². The summed E-state index contributed by atoms with van der Waals surface area (Å²) in [6, 6.07) is 41.9.